The number of rotatable bonds is 12. The Labute approximate surface area is 185 Å². The molecule has 1 N–H and O–H groups in total. The number of carbonyl (C=O) groups is 1. The summed E-state index contributed by atoms with van der Waals surface area (Å²) < 4.78 is 21.8. The first-order valence-corrected chi connectivity index (χ1v) is 11.5. The monoisotopic (exact) mass is 462 g/mol. The van der Waals surface area contributed by atoms with Crippen LogP contribution in [0.2, 0.25) is 0 Å². The smallest absolute Gasteiger partial charge is 0.240 e. The van der Waals surface area contributed by atoms with Gasteiger partial charge in [-0.3, -0.25) is 14.6 Å². The minimum absolute atomic E-state index is 0.0255. The van der Waals surface area contributed by atoms with Gasteiger partial charge < -0.3 is 24.3 Å². The van der Waals surface area contributed by atoms with Gasteiger partial charge in [-0.1, -0.05) is 0 Å². The molecule has 2 unspecified atom stereocenters. The molecule has 1 aliphatic rings. The maximum atomic E-state index is 12.0. The zero-order valence-electron chi connectivity index (χ0n) is 18.0. The Kier molecular flexibility index (Phi) is 10.9. The number of methoxy groups -OCH3 is 3. The fourth-order valence-electron chi connectivity index (χ4n) is 2.45. The average molecular weight is 463 g/mol. The van der Waals surface area contributed by atoms with Gasteiger partial charge in [0.2, 0.25) is 23.8 Å². The van der Waals surface area contributed by atoms with Crippen molar-refractivity contribution in [1.29, 1.82) is 0 Å². The van der Waals surface area contributed by atoms with E-state index in [-0.39, 0.29) is 42.9 Å². The summed E-state index contributed by atoms with van der Waals surface area (Å²) in [5, 5.41) is 3.07. The van der Waals surface area contributed by atoms with Crippen LogP contribution < -0.4 is 15.1 Å². The summed E-state index contributed by atoms with van der Waals surface area (Å²) in [5.74, 6) is 2.32. The van der Waals surface area contributed by atoms with Crippen LogP contribution in [0.4, 0.5) is 17.8 Å². The largest absolute Gasteiger partial charge is 0.370 e. The lowest BCUT2D eigenvalue weighted by Gasteiger charge is -2.29. The first-order valence-electron chi connectivity index (χ1n) is 9.40. The molecule has 2 atom stereocenters. The van der Waals surface area contributed by atoms with Crippen LogP contribution in [0.15, 0.2) is 0 Å². The summed E-state index contributed by atoms with van der Waals surface area (Å²) >= 11 is 3.44. The van der Waals surface area contributed by atoms with Gasteiger partial charge in [0.15, 0.2) is 0 Å². The number of nitrogens with zero attached hydrogens (tertiary/aromatic N) is 5. The third-order valence-electron chi connectivity index (χ3n) is 3.91. The van der Waals surface area contributed by atoms with Gasteiger partial charge in [-0.2, -0.15) is 15.0 Å². The number of ether oxygens (including phenoxy) is 4. The normalized spacial score (nSPS) is 18.8. The fraction of sp³-hybridized carbons (Fsp3) is 0.765. The van der Waals surface area contributed by atoms with Crippen LogP contribution in [0.1, 0.15) is 13.8 Å². The van der Waals surface area contributed by atoms with E-state index in [1.54, 1.807) is 42.6 Å². The molecule has 30 heavy (non-hydrogen) atoms. The van der Waals surface area contributed by atoms with Crippen molar-refractivity contribution in [2.75, 3.05) is 74.7 Å². The van der Waals surface area contributed by atoms with Crippen molar-refractivity contribution < 1.29 is 23.7 Å². The molecule has 0 radical (unpaired) electrons. The lowest BCUT2D eigenvalue weighted by molar-refractivity contribution is -0.117. The number of hydrogen-bond donors (Lipinski definition) is 1. The lowest BCUT2D eigenvalue weighted by Crippen LogP contribution is -2.36. The highest BCUT2D eigenvalue weighted by molar-refractivity contribution is 8.06. The van der Waals surface area contributed by atoms with Gasteiger partial charge in [0, 0.05) is 46.3 Å². The molecule has 0 saturated carbocycles. The molecule has 2 heterocycles. The van der Waals surface area contributed by atoms with Crippen LogP contribution >= 0.6 is 23.5 Å². The van der Waals surface area contributed by atoms with Gasteiger partial charge in [-0.05, 0) is 6.92 Å². The molecule has 1 aliphatic heterocycles. The highest BCUT2D eigenvalue weighted by Gasteiger charge is 2.24. The summed E-state index contributed by atoms with van der Waals surface area (Å²) in [6, 6.07) is 0. The number of aromatic nitrogens is 3. The highest BCUT2D eigenvalue weighted by Crippen LogP contribution is 2.31. The van der Waals surface area contributed by atoms with Crippen LogP contribution in [0, 0.1) is 0 Å². The van der Waals surface area contributed by atoms with E-state index < -0.39 is 0 Å². The summed E-state index contributed by atoms with van der Waals surface area (Å²) in [7, 11) is 4.80. The van der Waals surface area contributed by atoms with Crippen molar-refractivity contribution in [2.24, 2.45) is 0 Å². The van der Waals surface area contributed by atoms with Crippen molar-refractivity contribution in [3.05, 3.63) is 0 Å². The minimum Gasteiger partial charge on any atom is -0.370 e. The van der Waals surface area contributed by atoms with Gasteiger partial charge >= 0.3 is 0 Å². The van der Waals surface area contributed by atoms with E-state index >= 15 is 0 Å². The first kappa shape index (κ1) is 24.9. The zero-order valence-corrected chi connectivity index (χ0v) is 19.6. The second-order valence-corrected chi connectivity index (χ2v) is 8.55. The predicted octanol–water partition coefficient (Wildman–Crippen LogP) is 1.42. The summed E-state index contributed by atoms with van der Waals surface area (Å²) in [6.45, 7) is 4.44. The molecule has 1 amide bonds. The van der Waals surface area contributed by atoms with E-state index in [9.17, 15) is 4.79 Å². The molecule has 170 valence electrons. The molecule has 0 bridgehead atoms. The number of hydrogen-bond acceptors (Lipinski definition) is 12. The van der Waals surface area contributed by atoms with Crippen molar-refractivity contribution in [1.82, 2.24) is 15.0 Å². The number of carbonyl (C=O) groups excluding carboxylic acids is 1. The number of amides is 1. The second-order valence-electron chi connectivity index (χ2n) is 6.17. The first-order chi connectivity index (χ1) is 14.5. The topological polar surface area (TPSA) is 111 Å². The van der Waals surface area contributed by atoms with Gasteiger partial charge in [0.1, 0.15) is 31.1 Å². The maximum Gasteiger partial charge on any atom is 0.240 e. The second kappa shape index (κ2) is 13.1. The van der Waals surface area contributed by atoms with E-state index in [0.29, 0.717) is 18.4 Å². The van der Waals surface area contributed by atoms with Crippen LogP contribution in [0.25, 0.3) is 0 Å². The summed E-state index contributed by atoms with van der Waals surface area (Å²) in [6.07, 6.45) is 0. The van der Waals surface area contributed by atoms with E-state index in [1.165, 1.54) is 18.9 Å². The zero-order chi connectivity index (χ0) is 21.9. The lowest BCUT2D eigenvalue weighted by atomic mass is 10.6. The Bertz CT molecular complexity index is 666. The molecule has 1 saturated heterocycles. The third-order valence-corrected chi connectivity index (χ3v) is 6.73. The van der Waals surface area contributed by atoms with Crippen LogP contribution in [-0.2, 0) is 23.7 Å². The van der Waals surface area contributed by atoms with Gasteiger partial charge in [-0.25, -0.2) is 0 Å². The molecular formula is C17H30N6O5S2. The summed E-state index contributed by atoms with van der Waals surface area (Å²) in [5.41, 5.74) is 0.217. The molecule has 2 rings (SSSR count). The molecule has 1 aromatic heterocycles. The van der Waals surface area contributed by atoms with E-state index in [0.717, 1.165) is 11.5 Å². The minimum atomic E-state index is -0.241. The van der Waals surface area contributed by atoms with Crippen molar-refractivity contribution in [3.63, 3.8) is 0 Å². The van der Waals surface area contributed by atoms with E-state index in [1.807, 2.05) is 6.92 Å². The molecule has 0 aliphatic carbocycles. The van der Waals surface area contributed by atoms with E-state index in [4.69, 9.17) is 18.9 Å². The number of anilines is 3. The maximum absolute atomic E-state index is 12.0. The van der Waals surface area contributed by atoms with Crippen molar-refractivity contribution >= 4 is 47.3 Å². The standard InChI is InChI=1S/C17H30N6O5S2/c1-6-18-15-19-16(21-17(20-15)23(11-26-4)12(2)24)22(9-25-3)10-28-14-8-29-13(27-5)7-30-14/h13-14H,6-11H2,1-5H3,(H,18,19,20,21). The van der Waals surface area contributed by atoms with Crippen molar-refractivity contribution in [2.45, 2.75) is 24.7 Å². The number of thioether (sulfide) groups is 2. The molecule has 11 nitrogen and oxygen atoms in total. The fourth-order valence-corrected chi connectivity index (χ4v) is 4.96. The Morgan fingerprint density at radius 3 is 2.27 bits per heavy atom. The molecule has 1 aromatic rings. The van der Waals surface area contributed by atoms with Crippen LogP contribution in [0.5, 0.6) is 0 Å². The predicted molar refractivity (Wildman–Crippen MR) is 119 cm³/mol. The SMILES string of the molecule is CCNc1nc(N(COC)COC2CSC(OC)CS2)nc(N(COC)C(C)=O)n1. The molecular weight excluding hydrogens is 432 g/mol. The molecule has 0 aromatic carbocycles. The van der Waals surface area contributed by atoms with Crippen LogP contribution in [0.3, 0.4) is 0 Å². The van der Waals surface area contributed by atoms with Gasteiger partial charge in [0.05, 0.1) is 0 Å². The Morgan fingerprint density at radius 1 is 1.03 bits per heavy atom. The number of nitrogens with one attached hydrogen (secondary N) is 1. The molecule has 1 fully saturated rings. The quantitative estimate of drug-likeness (QED) is 0.453. The third kappa shape index (κ3) is 7.39. The van der Waals surface area contributed by atoms with Gasteiger partial charge in [0.25, 0.3) is 0 Å². The van der Waals surface area contributed by atoms with Crippen LogP contribution in [-0.4, -0.2) is 91.3 Å². The average Bonchev–Trinajstić information content (AvgIpc) is 2.75. The highest BCUT2D eigenvalue weighted by atomic mass is 32.2. The van der Waals surface area contributed by atoms with Crippen molar-refractivity contribution in [3.8, 4) is 0 Å². The summed E-state index contributed by atoms with van der Waals surface area (Å²) in [4.78, 5) is 28.4. The Hall–Kier alpha value is -1.38. The van der Waals surface area contributed by atoms with E-state index in [2.05, 4.69) is 20.3 Å². The molecule has 0 spiro atoms. The van der Waals surface area contributed by atoms with Gasteiger partial charge in [-0.15, -0.1) is 23.5 Å². The Balaban J connectivity index is 2.19. The molecule has 13 heteroatoms. The Morgan fingerprint density at radius 2 is 1.70 bits per heavy atom.